The van der Waals surface area contributed by atoms with E-state index < -0.39 is 5.41 Å². The first-order valence-corrected chi connectivity index (χ1v) is 8.23. The van der Waals surface area contributed by atoms with Crippen molar-refractivity contribution in [2.45, 2.75) is 56.2 Å². The zero-order valence-electron chi connectivity index (χ0n) is 11.4. The molecule has 0 saturated heterocycles. The van der Waals surface area contributed by atoms with Gasteiger partial charge in [0.1, 0.15) is 5.41 Å². The van der Waals surface area contributed by atoms with E-state index in [2.05, 4.69) is 16.7 Å². The Balaban J connectivity index is 2.01. The Labute approximate surface area is 118 Å². The number of carbonyl (C=O) groups is 1. The van der Waals surface area contributed by atoms with Gasteiger partial charge in [0.05, 0.1) is 0 Å². The van der Waals surface area contributed by atoms with Crippen LogP contribution in [0.2, 0.25) is 0 Å². The van der Waals surface area contributed by atoms with Crippen LogP contribution >= 0.6 is 11.8 Å². The molecular weight excluding hydrogens is 262 g/mol. The summed E-state index contributed by atoms with van der Waals surface area (Å²) < 4.78 is 0. The van der Waals surface area contributed by atoms with Crippen molar-refractivity contribution in [2.75, 3.05) is 6.26 Å². The van der Waals surface area contributed by atoms with Gasteiger partial charge in [-0.3, -0.25) is 4.79 Å². The Morgan fingerprint density at radius 2 is 2.11 bits per heavy atom. The first kappa shape index (κ1) is 14.5. The Morgan fingerprint density at radius 1 is 1.42 bits per heavy atom. The van der Waals surface area contributed by atoms with Crippen LogP contribution in [0, 0.1) is 5.41 Å². The van der Waals surface area contributed by atoms with Gasteiger partial charge in [0.2, 0.25) is 5.91 Å². The first-order chi connectivity index (χ1) is 9.12. The van der Waals surface area contributed by atoms with Gasteiger partial charge in [-0.25, -0.2) is 0 Å². The summed E-state index contributed by atoms with van der Waals surface area (Å²) in [4.78, 5) is 12.5. The lowest BCUT2D eigenvalue weighted by Gasteiger charge is -2.28. The van der Waals surface area contributed by atoms with E-state index in [4.69, 9.17) is 10.9 Å². The van der Waals surface area contributed by atoms with E-state index in [9.17, 15) is 4.79 Å². The quantitative estimate of drug-likeness (QED) is 0.317. The minimum atomic E-state index is -0.772. The monoisotopic (exact) mass is 285 g/mol. The van der Waals surface area contributed by atoms with Gasteiger partial charge in [-0.05, 0) is 38.4 Å². The number of oxime groups is 1. The molecule has 108 valence electrons. The molecular formula is C13H23N3O2S. The number of amides is 1. The van der Waals surface area contributed by atoms with Crippen molar-refractivity contribution in [3.05, 3.63) is 0 Å². The lowest BCUT2D eigenvalue weighted by atomic mass is 9.83. The van der Waals surface area contributed by atoms with Crippen molar-refractivity contribution >= 4 is 23.5 Å². The van der Waals surface area contributed by atoms with Gasteiger partial charge in [-0.1, -0.05) is 18.0 Å². The molecule has 0 aromatic heterocycles. The molecule has 5 nitrogen and oxygen atoms in total. The molecule has 0 bridgehead atoms. The van der Waals surface area contributed by atoms with Crippen molar-refractivity contribution in [1.29, 1.82) is 0 Å². The lowest BCUT2D eigenvalue weighted by Crippen LogP contribution is -2.50. The van der Waals surface area contributed by atoms with Crippen LogP contribution in [0.25, 0.3) is 0 Å². The second-order valence-electron chi connectivity index (χ2n) is 5.62. The van der Waals surface area contributed by atoms with Crippen LogP contribution in [0.5, 0.6) is 0 Å². The van der Waals surface area contributed by atoms with E-state index in [0.717, 1.165) is 32.1 Å². The lowest BCUT2D eigenvalue weighted by molar-refractivity contribution is -0.128. The number of nitrogens with one attached hydrogen (secondary N) is 1. The molecule has 0 radical (unpaired) electrons. The highest BCUT2D eigenvalue weighted by Gasteiger charge is 2.46. The summed E-state index contributed by atoms with van der Waals surface area (Å²) in [6.07, 6.45) is 8.62. The van der Waals surface area contributed by atoms with Gasteiger partial charge in [-0.2, -0.15) is 11.8 Å². The second kappa shape index (κ2) is 6.03. The molecule has 0 aliphatic heterocycles. The van der Waals surface area contributed by atoms with Crippen LogP contribution in [0.4, 0.5) is 0 Å². The number of carbonyl (C=O) groups excluding carboxylic acids is 1. The Bertz CT molecular complexity index is 367. The smallest absolute Gasteiger partial charge is 0.234 e. The molecule has 4 N–H and O–H groups in total. The predicted octanol–water partition coefficient (Wildman–Crippen LogP) is 1.69. The maximum absolute atomic E-state index is 12.5. The third-order valence-electron chi connectivity index (χ3n) is 4.54. The van der Waals surface area contributed by atoms with Crippen molar-refractivity contribution in [2.24, 2.45) is 16.3 Å². The molecule has 2 atom stereocenters. The van der Waals surface area contributed by atoms with E-state index >= 15 is 0 Å². The zero-order chi connectivity index (χ0) is 13.9. The molecule has 2 aliphatic carbocycles. The average Bonchev–Trinajstić information content (AvgIpc) is 3.07. The number of amidine groups is 1. The molecule has 19 heavy (non-hydrogen) atoms. The summed E-state index contributed by atoms with van der Waals surface area (Å²) in [5.41, 5.74) is 5.01. The highest BCUT2D eigenvalue weighted by molar-refractivity contribution is 7.99. The highest BCUT2D eigenvalue weighted by Crippen LogP contribution is 2.39. The summed E-state index contributed by atoms with van der Waals surface area (Å²) in [6, 6.07) is 0.244. The number of hydrogen-bond donors (Lipinski definition) is 3. The minimum absolute atomic E-state index is 0.0490. The van der Waals surface area contributed by atoms with Gasteiger partial charge in [0, 0.05) is 11.3 Å². The first-order valence-electron chi connectivity index (χ1n) is 6.94. The number of nitrogens with zero attached hydrogens (tertiary/aromatic N) is 1. The van der Waals surface area contributed by atoms with Crippen LogP contribution in [0.3, 0.4) is 0 Å². The highest BCUT2D eigenvalue weighted by atomic mass is 32.2. The number of rotatable bonds is 4. The van der Waals surface area contributed by atoms with Gasteiger partial charge in [0.25, 0.3) is 0 Å². The molecule has 2 aliphatic rings. The third-order valence-corrected chi connectivity index (χ3v) is 5.64. The van der Waals surface area contributed by atoms with Gasteiger partial charge >= 0.3 is 0 Å². The Hall–Kier alpha value is -0.910. The van der Waals surface area contributed by atoms with Crippen molar-refractivity contribution < 1.29 is 10.0 Å². The summed E-state index contributed by atoms with van der Waals surface area (Å²) >= 11 is 1.87. The summed E-state index contributed by atoms with van der Waals surface area (Å²) in [5, 5.41) is 15.8. The predicted molar refractivity (Wildman–Crippen MR) is 77.4 cm³/mol. The van der Waals surface area contributed by atoms with Crippen molar-refractivity contribution in [3.8, 4) is 0 Å². The average molecular weight is 285 g/mol. The molecule has 1 amide bonds. The molecule has 2 rings (SSSR count). The normalized spacial score (nSPS) is 30.5. The summed E-state index contributed by atoms with van der Waals surface area (Å²) in [5.74, 6) is 0.0222. The fourth-order valence-electron chi connectivity index (χ4n) is 3.28. The Morgan fingerprint density at radius 3 is 2.63 bits per heavy atom. The van der Waals surface area contributed by atoms with Gasteiger partial charge in [0.15, 0.2) is 5.84 Å². The van der Waals surface area contributed by atoms with E-state index in [1.165, 1.54) is 0 Å². The largest absolute Gasteiger partial charge is 0.409 e. The van der Waals surface area contributed by atoms with Crippen molar-refractivity contribution in [3.63, 3.8) is 0 Å². The second-order valence-corrected chi connectivity index (χ2v) is 6.75. The van der Waals surface area contributed by atoms with Crippen LogP contribution in [0.15, 0.2) is 5.16 Å². The maximum atomic E-state index is 12.5. The maximum Gasteiger partial charge on any atom is 0.234 e. The van der Waals surface area contributed by atoms with E-state index in [-0.39, 0.29) is 17.8 Å². The van der Waals surface area contributed by atoms with E-state index in [1.807, 2.05) is 11.8 Å². The zero-order valence-corrected chi connectivity index (χ0v) is 12.2. The fraction of sp³-hybridized carbons (Fsp3) is 0.846. The molecule has 0 aromatic rings. The molecule has 0 spiro atoms. The SMILES string of the molecule is CSC1CCC(NC(=O)C2(C(N)=NO)CCCC2)C1. The van der Waals surface area contributed by atoms with E-state index in [1.54, 1.807) is 0 Å². The number of nitrogens with two attached hydrogens (primary N) is 1. The number of thioether (sulfide) groups is 1. The number of hydrogen-bond acceptors (Lipinski definition) is 4. The van der Waals surface area contributed by atoms with Crippen LogP contribution < -0.4 is 11.1 Å². The molecule has 6 heteroatoms. The standard InChI is InChI=1S/C13H23N3O2S/c1-19-10-5-4-9(8-10)15-12(17)13(11(14)16-18)6-2-3-7-13/h9-10,18H,2-8H2,1H3,(H2,14,16)(H,15,17). The molecule has 0 heterocycles. The van der Waals surface area contributed by atoms with Crippen LogP contribution in [0.1, 0.15) is 44.9 Å². The van der Waals surface area contributed by atoms with Gasteiger partial charge < -0.3 is 16.3 Å². The van der Waals surface area contributed by atoms with E-state index in [0.29, 0.717) is 18.1 Å². The minimum Gasteiger partial charge on any atom is -0.409 e. The topological polar surface area (TPSA) is 87.7 Å². The van der Waals surface area contributed by atoms with Crippen molar-refractivity contribution in [1.82, 2.24) is 5.32 Å². The molecule has 2 unspecified atom stereocenters. The summed E-state index contributed by atoms with van der Waals surface area (Å²) in [7, 11) is 0. The summed E-state index contributed by atoms with van der Waals surface area (Å²) in [6.45, 7) is 0. The Kier molecular flexibility index (Phi) is 4.60. The fourth-order valence-corrected chi connectivity index (χ4v) is 4.08. The third kappa shape index (κ3) is 2.83. The van der Waals surface area contributed by atoms with Crippen LogP contribution in [-0.4, -0.2) is 34.5 Å². The molecule has 2 saturated carbocycles. The van der Waals surface area contributed by atoms with Crippen LogP contribution in [-0.2, 0) is 4.79 Å². The van der Waals surface area contributed by atoms with Gasteiger partial charge in [-0.15, -0.1) is 0 Å². The molecule has 0 aromatic carbocycles. The molecule has 2 fully saturated rings.